The highest BCUT2D eigenvalue weighted by atomic mass is 35.6. The second-order valence-electron chi connectivity index (χ2n) is 2.83. The van der Waals surface area contributed by atoms with E-state index < -0.39 is 13.6 Å². The fraction of sp³-hybridized carbons (Fsp3) is 0.250. The molecule has 0 N–H and O–H groups in total. The van der Waals surface area contributed by atoms with Crippen LogP contribution in [0.25, 0.3) is 0 Å². The van der Waals surface area contributed by atoms with E-state index >= 15 is 0 Å². The third-order valence-electron chi connectivity index (χ3n) is 1.79. The van der Waals surface area contributed by atoms with Crippen molar-refractivity contribution >= 4 is 63.7 Å². The number of non-ortho nitro benzene ring substituents is 1. The van der Waals surface area contributed by atoms with Crippen LogP contribution in [0.1, 0.15) is 16.0 Å². The average molecular weight is 323 g/mol. The first-order valence-corrected chi connectivity index (χ1v) is 5.88. The van der Waals surface area contributed by atoms with Crippen molar-refractivity contribution < 1.29 is 4.92 Å². The van der Waals surface area contributed by atoms with Gasteiger partial charge >= 0.3 is 0 Å². The zero-order chi connectivity index (χ0) is 12.5. The molecule has 0 bridgehead atoms. The Morgan fingerprint density at radius 2 is 1.81 bits per heavy atom. The minimum absolute atomic E-state index is 0.0988. The number of hydrogen-bond acceptors (Lipinski definition) is 2. The maximum Gasteiger partial charge on any atom is 0.269 e. The standard InChI is InChI=1S/C8H4Cl5NO2/c9-7(10)5-2-1-4(14(15)16)3-6(5)8(11,12)13/h1-3,7H. The zero-order valence-corrected chi connectivity index (χ0v) is 11.2. The summed E-state index contributed by atoms with van der Waals surface area (Å²) in [6.45, 7) is 0. The molecule has 3 nitrogen and oxygen atoms in total. The van der Waals surface area contributed by atoms with Crippen molar-refractivity contribution in [2.45, 2.75) is 8.63 Å². The minimum Gasteiger partial charge on any atom is -0.258 e. The van der Waals surface area contributed by atoms with E-state index in [2.05, 4.69) is 0 Å². The van der Waals surface area contributed by atoms with Crippen LogP contribution in [0.2, 0.25) is 0 Å². The van der Waals surface area contributed by atoms with E-state index in [1.54, 1.807) is 0 Å². The SMILES string of the molecule is O=[N+]([O-])c1ccc(C(Cl)Cl)c(C(Cl)(Cl)Cl)c1. The van der Waals surface area contributed by atoms with Crippen molar-refractivity contribution in [1.29, 1.82) is 0 Å². The Bertz CT molecular complexity index is 415. The monoisotopic (exact) mass is 321 g/mol. The van der Waals surface area contributed by atoms with Gasteiger partial charge < -0.3 is 0 Å². The second kappa shape index (κ2) is 5.15. The van der Waals surface area contributed by atoms with Crippen molar-refractivity contribution in [2.24, 2.45) is 0 Å². The van der Waals surface area contributed by atoms with Gasteiger partial charge in [-0.25, -0.2) is 0 Å². The normalized spacial score (nSPS) is 11.9. The summed E-state index contributed by atoms with van der Waals surface area (Å²) in [5, 5.41) is 10.6. The van der Waals surface area contributed by atoms with Crippen LogP contribution in [0.15, 0.2) is 18.2 Å². The molecule has 0 heterocycles. The lowest BCUT2D eigenvalue weighted by molar-refractivity contribution is -0.384. The molecule has 0 saturated heterocycles. The van der Waals surface area contributed by atoms with E-state index in [0.717, 1.165) is 6.07 Å². The van der Waals surface area contributed by atoms with Gasteiger partial charge in [-0.3, -0.25) is 10.1 Å². The first kappa shape index (κ1) is 14.1. The highest BCUT2D eigenvalue weighted by Crippen LogP contribution is 2.44. The first-order valence-electron chi connectivity index (χ1n) is 3.87. The molecule has 0 atom stereocenters. The summed E-state index contributed by atoms with van der Waals surface area (Å²) >= 11 is 28.4. The molecule has 8 heteroatoms. The Hall–Kier alpha value is 0.0700. The fourth-order valence-electron chi connectivity index (χ4n) is 1.09. The number of halogens is 5. The van der Waals surface area contributed by atoms with Crippen LogP contribution in [-0.2, 0) is 3.79 Å². The van der Waals surface area contributed by atoms with Crippen molar-refractivity contribution in [2.75, 3.05) is 0 Å². The van der Waals surface area contributed by atoms with Crippen LogP contribution in [-0.4, -0.2) is 4.92 Å². The molecule has 1 rings (SSSR count). The number of nitrogens with zero attached hydrogens (tertiary/aromatic N) is 1. The molecule has 0 aliphatic heterocycles. The smallest absolute Gasteiger partial charge is 0.258 e. The summed E-state index contributed by atoms with van der Waals surface area (Å²) in [6.07, 6.45) is 0. The molecule has 0 aliphatic rings. The highest BCUT2D eigenvalue weighted by Gasteiger charge is 2.30. The summed E-state index contributed by atoms with van der Waals surface area (Å²) in [6, 6.07) is 3.74. The summed E-state index contributed by atoms with van der Waals surface area (Å²) in [5.41, 5.74) is 0.231. The molecule has 88 valence electrons. The van der Waals surface area contributed by atoms with Gasteiger partial charge in [0.15, 0.2) is 0 Å². The van der Waals surface area contributed by atoms with E-state index in [-0.39, 0.29) is 11.3 Å². The van der Waals surface area contributed by atoms with Crippen LogP contribution in [0.3, 0.4) is 0 Å². The number of nitro groups is 1. The van der Waals surface area contributed by atoms with Crippen LogP contribution in [0, 0.1) is 10.1 Å². The van der Waals surface area contributed by atoms with E-state index in [0.29, 0.717) is 5.56 Å². The molecular weight excluding hydrogens is 319 g/mol. The van der Waals surface area contributed by atoms with Gasteiger partial charge in [0.05, 0.1) is 4.92 Å². The molecule has 0 fully saturated rings. The van der Waals surface area contributed by atoms with Crippen LogP contribution in [0.4, 0.5) is 5.69 Å². The largest absolute Gasteiger partial charge is 0.269 e. The van der Waals surface area contributed by atoms with Gasteiger partial charge in [-0.15, -0.1) is 23.2 Å². The molecular formula is C8H4Cl5NO2. The summed E-state index contributed by atoms with van der Waals surface area (Å²) in [4.78, 5) is 9.05. The third-order valence-corrected chi connectivity index (χ3v) is 2.87. The maximum atomic E-state index is 10.6. The van der Waals surface area contributed by atoms with Gasteiger partial charge in [0.2, 0.25) is 3.79 Å². The lowest BCUT2D eigenvalue weighted by Crippen LogP contribution is -2.06. The Morgan fingerprint density at radius 3 is 2.19 bits per heavy atom. The van der Waals surface area contributed by atoms with Gasteiger partial charge in [-0.1, -0.05) is 34.8 Å². The van der Waals surface area contributed by atoms with Gasteiger partial charge in [-0.2, -0.15) is 0 Å². The summed E-state index contributed by atoms with van der Waals surface area (Å²) in [7, 11) is 0. The summed E-state index contributed by atoms with van der Waals surface area (Å²) in [5.74, 6) is 0. The van der Waals surface area contributed by atoms with Crippen molar-refractivity contribution in [3.8, 4) is 0 Å². The summed E-state index contributed by atoms with van der Waals surface area (Å²) < 4.78 is -1.82. The Kier molecular flexibility index (Phi) is 4.55. The Morgan fingerprint density at radius 1 is 1.25 bits per heavy atom. The Balaban J connectivity index is 3.39. The van der Waals surface area contributed by atoms with E-state index in [1.165, 1.54) is 12.1 Å². The third kappa shape index (κ3) is 3.28. The minimum atomic E-state index is -1.82. The molecule has 1 aromatic carbocycles. The molecule has 0 unspecified atom stereocenters. The molecule has 0 saturated carbocycles. The van der Waals surface area contributed by atoms with Crippen molar-refractivity contribution in [1.82, 2.24) is 0 Å². The molecule has 1 aromatic rings. The lowest BCUT2D eigenvalue weighted by Gasteiger charge is -2.16. The van der Waals surface area contributed by atoms with Gasteiger partial charge in [0.25, 0.3) is 5.69 Å². The topological polar surface area (TPSA) is 43.1 Å². The number of benzene rings is 1. The average Bonchev–Trinajstić information content (AvgIpc) is 2.15. The van der Waals surface area contributed by atoms with Crippen molar-refractivity contribution in [3.05, 3.63) is 39.4 Å². The fourth-order valence-corrected chi connectivity index (χ4v) is 1.97. The zero-order valence-electron chi connectivity index (χ0n) is 7.46. The van der Waals surface area contributed by atoms with Crippen LogP contribution in [0.5, 0.6) is 0 Å². The predicted molar refractivity (Wildman–Crippen MR) is 66.8 cm³/mol. The predicted octanol–water partition coefficient (Wildman–Crippen LogP) is 4.90. The lowest BCUT2D eigenvalue weighted by atomic mass is 10.1. The molecule has 0 spiro atoms. The highest BCUT2D eigenvalue weighted by molar-refractivity contribution is 6.67. The second-order valence-corrected chi connectivity index (χ2v) is 6.20. The van der Waals surface area contributed by atoms with E-state index in [1.807, 2.05) is 0 Å². The van der Waals surface area contributed by atoms with Crippen molar-refractivity contribution in [3.63, 3.8) is 0 Å². The van der Waals surface area contributed by atoms with Gasteiger partial charge in [-0.05, 0) is 11.6 Å². The van der Waals surface area contributed by atoms with Gasteiger partial charge in [0.1, 0.15) is 4.84 Å². The number of nitro benzene ring substituents is 1. The van der Waals surface area contributed by atoms with E-state index in [9.17, 15) is 10.1 Å². The molecule has 0 amide bonds. The van der Waals surface area contributed by atoms with Gasteiger partial charge in [0, 0.05) is 17.7 Å². The molecule has 0 aromatic heterocycles. The number of rotatable bonds is 2. The quantitative estimate of drug-likeness (QED) is 0.441. The van der Waals surface area contributed by atoms with Crippen LogP contribution >= 0.6 is 58.0 Å². The number of hydrogen-bond donors (Lipinski definition) is 0. The Labute approximate surface area is 116 Å². The first-order chi connectivity index (χ1) is 7.23. The maximum absolute atomic E-state index is 10.6. The van der Waals surface area contributed by atoms with Crippen LogP contribution < -0.4 is 0 Å². The molecule has 16 heavy (non-hydrogen) atoms. The number of alkyl halides is 5. The van der Waals surface area contributed by atoms with E-state index in [4.69, 9.17) is 58.0 Å². The molecule has 0 aliphatic carbocycles. The molecule has 0 radical (unpaired) electrons.